The summed E-state index contributed by atoms with van der Waals surface area (Å²) in [4.78, 5) is 23.6. The Bertz CT molecular complexity index is 935. The molecular formula is C28H36N2O6. The van der Waals surface area contributed by atoms with E-state index in [2.05, 4.69) is 10.6 Å². The van der Waals surface area contributed by atoms with E-state index in [4.69, 9.17) is 9.47 Å². The van der Waals surface area contributed by atoms with Crippen LogP contribution in [0.1, 0.15) is 24.0 Å². The molecule has 0 spiro atoms. The number of rotatable bonds is 13. The molecule has 4 rings (SSSR count). The van der Waals surface area contributed by atoms with E-state index in [9.17, 15) is 19.8 Å². The minimum atomic E-state index is -0.750. The van der Waals surface area contributed by atoms with Gasteiger partial charge in [-0.25, -0.2) is 0 Å². The van der Waals surface area contributed by atoms with E-state index in [1.807, 2.05) is 48.5 Å². The molecule has 0 unspecified atom stereocenters. The molecule has 2 saturated heterocycles. The molecule has 8 nitrogen and oxygen atoms in total. The van der Waals surface area contributed by atoms with Crippen molar-refractivity contribution >= 4 is 11.9 Å². The van der Waals surface area contributed by atoms with Crippen LogP contribution in [0.3, 0.4) is 0 Å². The van der Waals surface area contributed by atoms with Gasteiger partial charge in [-0.15, -0.1) is 0 Å². The van der Waals surface area contributed by atoms with Gasteiger partial charge in [0.15, 0.2) is 0 Å². The van der Waals surface area contributed by atoms with Gasteiger partial charge in [0.2, 0.25) is 0 Å². The summed E-state index contributed by atoms with van der Waals surface area (Å²) in [5, 5.41) is 25.9. The highest BCUT2D eigenvalue weighted by atomic mass is 16.5. The number of carboxylic acids is 2. The fraction of sp³-hybridized carbons (Fsp3) is 0.500. The topological polar surface area (TPSA) is 117 Å². The van der Waals surface area contributed by atoms with Crippen molar-refractivity contribution in [1.29, 1.82) is 0 Å². The molecule has 2 aromatic rings. The molecule has 0 aliphatic carbocycles. The van der Waals surface area contributed by atoms with Crippen LogP contribution in [0.25, 0.3) is 0 Å². The van der Waals surface area contributed by atoms with Crippen LogP contribution in [0.5, 0.6) is 11.5 Å². The molecule has 0 saturated carbocycles. The molecule has 4 N–H and O–H groups in total. The first-order valence-corrected chi connectivity index (χ1v) is 12.8. The first kappa shape index (κ1) is 26.0. The van der Waals surface area contributed by atoms with Gasteiger partial charge < -0.3 is 30.3 Å². The molecule has 0 radical (unpaired) electrons. The largest absolute Gasteiger partial charge is 0.490 e. The van der Waals surface area contributed by atoms with Crippen molar-refractivity contribution in [2.45, 2.75) is 25.7 Å². The Morgan fingerprint density at radius 3 is 1.58 bits per heavy atom. The van der Waals surface area contributed by atoms with Crippen molar-refractivity contribution in [3.8, 4) is 11.5 Å². The Balaban J connectivity index is 1.26. The summed E-state index contributed by atoms with van der Waals surface area (Å²) in [6.07, 6.45) is 2.74. The predicted octanol–water partition coefficient (Wildman–Crippen LogP) is 2.85. The van der Waals surface area contributed by atoms with Crippen molar-refractivity contribution in [3.63, 3.8) is 0 Å². The van der Waals surface area contributed by atoms with Gasteiger partial charge in [0.05, 0.1) is 11.8 Å². The third kappa shape index (κ3) is 7.21. The van der Waals surface area contributed by atoms with Crippen LogP contribution in [-0.4, -0.2) is 61.5 Å². The SMILES string of the molecule is O=C(O)[C@@H](Cc1cccc(OCCOc2cccc(C[C@H](C(=O)O)[C@H]3CCNC3)c2)c1)[C@H]1CCNC1. The Hall–Kier alpha value is -3.10. The molecule has 0 aromatic heterocycles. The zero-order valence-corrected chi connectivity index (χ0v) is 20.5. The number of hydrogen-bond donors (Lipinski definition) is 4. The molecule has 0 bridgehead atoms. The molecule has 2 aliphatic heterocycles. The second-order valence-electron chi connectivity index (χ2n) is 9.80. The van der Waals surface area contributed by atoms with Gasteiger partial charge in [-0.1, -0.05) is 24.3 Å². The van der Waals surface area contributed by atoms with Crippen molar-refractivity contribution in [1.82, 2.24) is 10.6 Å². The molecule has 2 aliphatic rings. The predicted molar refractivity (Wildman–Crippen MR) is 135 cm³/mol. The smallest absolute Gasteiger partial charge is 0.307 e. The van der Waals surface area contributed by atoms with E-state index in [1.165, 1.54) is 0 Å². The molecule has 2 fully saturated rings. The lowest BCUT2D eigenvalue weighted by molar-refractivity contribution is -0.144. The molecule has 0 amide bonds. The lowest BCUT2D eigenvalue weighted by Gasteiger charge is -2.19. The van der Waals surface area contributed by atoms with Gasteiger partial charge in [0.25, 0.3) is 0 Å². The van der Waals surface area contributed by atoms with E-state index < -0.39 is 23.8 Å². The molecule has 4 atom stereocenters. The third-order valence-electron chi connectivity index (χ3n) is 7.30. The first-order chi connectivity index (χ1) is 17.5. The van der Waals surface area contributed by atoms with Gasteiger partial charge in [0.1, 0.15) is 24.7 Å². The van der Waals surface area contributed by atoms with Crippen molar-refractivity contribution in [2.75, 3.05) is 39.4 Å². The number of aliphatic carboxylic acids is 2. The van der Waals surface area contributed by atoms with E-state index in [-0.39, 0.29) is 11.8 Å². The molecule has 2 aromatic carbocycles. The van der Waals surface area contributed by atoms with Crippen LogP contribution < -0.4 is 20.1 Å². The zero-order chi connectivity index (χ0) is 25.3. The normalized spacial score (nSPS) is 21.1. The summed E-state index contributed by atoms with van der Waals surface area (Å²) in [5.74, 6) is -0.636. The number of carboxylic acid groups (broad SMARTS) is 2. The van der Waals surface area contributed by atoms with Crippen molar-refractivity contribution in [2.24, 2.45) is 23.7 Å². The molecule has 194 valence electrons. The van der Waals surface area contributed by atoms with Gasteiger partial charge >= 0.3 is 11.9 Å². The fourth-order valence-electron chi connectivity index (χ4n) is 5.30. The average Bonchev–Trinajstić information content (AvgIpc) is 3.59. The highest BCUT2D eigenvalue weighted by Crippen LogP contribution is 2.26. The Morgan fingerprint density at radius 1 is 0.778 bits per heavy atom. The van der Waals surface area contributed by atoms with Crippen LogP contribution in [0.2, 0.25) is 0 Å². The van der Waals surface area contributed by atoms with E-state index >= 15 is 0 Å². The Kier molecular flexibility index (Phi) is 9.19. The lowest BCUT2D eigenvalue weighted by atomic mass is 9.86. The maximum absolute atomic E-state index is 11.8. The number of benzene rings is 2. The third-order valence-corrected chi connectivity index (χ3v) is 7.30. The lowest BCUT2D eigenvalue weighted by Crippen LogP contribution is -2.27. The Labute approximate surface area is 212 Å². The number of ether oxygens (including phenoxy) is 2. The van der Waals surface area contributed by atoms with Crippen LogP contribution >= 0.6 is 0 Å². The van der Waals surface area contributed by atoms with E-state index in [0.717, 1.165) is 50.1 Å². The second kappa shape index (κ2) is 12.7. The first-order valence-electron chi connectivity index (χ1n) is 12.8. The maximum Gasteiger partial charge on any atom is 0.307 e. The highest BCUT2D eigenvalue weighted by Gasteiger charge is 2.31. The summed E-state index contributed by atoms with van der Waals surface area (Å²) in [6, 6.07) is 15.2. The van der Waals surface area contributed by atoms with Gasteiger partial charge in [-0.2, -0.15) is 0 Å². The average molecular weight is 497 g/mol. The van der Waals surface area contributed by atoms with E-state index in [1.54, 1.807) is 0 Å². The summed E-state index contributed by atoms with van der Waals surface area (Å²) in [7, 11) is 0. The second-order valence-corrected chi connectivity index (χ2v) is 9.80. The molecule has 36 heavy (non-hydrogen) atoms. The molecular weight excluding hydrogens is 460 g/mol. The quantitative estimate of drug-likeness (QED) is 0.313. The fourth-order valence-corrected chi connectivity index (χ4v) is 5.30. The highest BCUT2D eigenvalue weighted by molar-refractivity contribution is 5.71. The Morgan fingerprint density at radius 2 is 1.22 bits per heavy atom. The minimum Gasteiger partial charge on any atom is -0.490 e. The van der Waals surface area contributed by atoms with Crippen molar-refractivity contribution in [3.05, 3.63) is 59.7 Å². The summed E-state index contributed by atoms with van der Waals surface area (Å²) in [6.45, 7) is 3.93. The zero-order valence-electron chi connectivity index (χ0n) is 20.5. The van der Waals surface area contributed by atoms with Crippen molar-refractivity contribution < 1.29 is 29.3 Å². The number of nitrogens with one attached hydrogen (secondary N) is 2. The van der Waals surface area contributed by atoms with Gasteiger partial charge in [0, 0.05) is 0 Å². The maximum atomic E-state index is 11.8. The monoisotopic (exact) mass is 496 g/mol. The van der Waals surface area contributed by atoms with E-state index in [0.29, 0.717) is 37.6 Å². The standard InChI is InChI=1S/C28H36N2O6/c31-27(32)25(21-7-9-29-17-21)15-19-3-1-5-23(13-19)35-11-12-36-24-6-2-4-20(14-24)16-26(28(33)34)22-8-10-30-18-22/h1-6,13-14,21-22,25-26,29-30H,7-12,15-18H2,(H,31,32)(H,33,34)/t21-,22-,25-,26-/m0/s1. The van der Waals surface area contributed by atoms with Crippen LogP contribution in [-0.2, 0) is 22.4 Å². The van der Waals surface area contributed by atoms with Gasteiger partial charge in [-0.05, 0) is 99.1 Å². The summed E-state index contributed by atoms with van der Waals surface area (Å²) in [5.41, 5.74) is 1.90. The van der Waals surface area contributed by atoms with Gasteiger partial charge in [-0.3, -0.25) is 9.59 Å². The summed E-state index contributed by atoms with van der Waals surface area (Å²) < 4.78 is 11.7. The summed E-state index contributed by atoms with van der Waals surface area (Å²) >= 11 is 0. The van der Waals surface area contributed by atoms with Crippen LogP contribution in [0, 0.1) is 23.7 Å². The minimum absolute atomic E-state index is 0.150. The number of carbonyl (C=O) groups is 2. The van der Waals surface area contributed by atoms with Crippen LogP contribution in [0.4, 0.5) is 0 Å². The molecule has 8 heteroatoms. The molecule has 2 heterocycles. The number of hydrogen-bond acceptors (Lipinski definition) is 6. The van der Waals surface area contributed by atoms with Crippen LogP contribution in [0.15, 0.2) is 48.5 Å².